The number of carbonyl (C=O) groups is 1. The van der Waals surface area contributed by atoms with Gasteiger partial charge in [0.05, 0.1) is 6.10 Å². The van der Waals surface area contributed by atoms with E-state index in [1.807, 2.05) is 23.1 Å². The Balaban J connectivity index is 1.51. The summed E-state index contributed by atoms with van der Waals surface area (Å²) < 4.78 is 5.59. The minimum atomic E-state index is -0.0833. The Bertz CT molecular complexity index is 774. The molecule has 2 unspecified atom stereocenters. The van der Waals surface area contributed by atoms with Crippen LogP contribution in [0.5, 0.6) is 0 Å². The van der Waals surface area contributed by atoms with E-state index in [1.165, 1.54) is 5.56 Å². The number of para-hydroxylation sites is 1. The van der Waals surface area contributed by atoms with Crippen LogP contribution in [0.1, 0.15) is 35.8 Å². The summed E-state index contributed by atoms with van der Waals surface area (Å²) in [6, 6.07) is 9.85. The highest BCUT2D eigenvalue weighted by molar-refractivity contribution is 6.06. The lowest BCUT2D eigenvalue weighted by Gasteiger charge is -2.22. The number of anilines is 2. The molecule has 4 rings (SSSR count). The van der Waals surface area contributed by atoms with Gasteiger partial charge in [0.25, 0.3) is 5.91 Å². The van der Waals surface area contributed by atoms with Crippen molar-refractivity contribution in [3.05, 3.63) is 47.8 Å². The quantitative estimate of drug-likeness (QED) is 0.928. The lowest BCUT2D eigenvalue weighted by Crippen LogP contribution is -2.36. The van der Waals surface area contributed by atoms with Crippen LogP contribution < -0.4 is 10.2 Å². The molecule has 1 aromatic carbocycles. The lowest BCUT2D eigenvalue weighted by molar-refractivity contribution is 0.0976. The fourth-order valence-corrected chi connectivity index (χ4v) is 3.57. The predicted octanol–water partition coefficient (Wildman–Crippen LogP) is 2.66. The van der Waals surface area contributed by atoms with Crippen molar-refractivity contribution in [2.75, 3.05) is 23.4 Å². The lowest BCUT2D eigenvalue weighted by atomic mass is 10.1. The maximum absolute atomic E-state index is 13.0. The van der Waals surface area contributed by atoms with E-state index in [2.05, 4.69) is 28.3 Å². The van der Waals surface area contributed by atoms with E-state index in [4.69, 9.17) is 4.74 Å². The second-order valence-corrected chi connectivity index (χ2v) is 6.64. The molecule has 0 bridgehead atoms. The summed E-state index contributed by atoms with van der Waals surface area (Å²) in [6.45, 7) is 3.55. The van der Waals surface area contributed by atoms with E-state index >= 15 is 0 Å². The summed E-state index contributed by atoms with van der Waals surface area (Å²) in [4.78, 5) is 23.5. The summed E-state index contributed by atoms with van der Waals surface area (Å²) in [6.07, 6.45) is 4.85. The Morgan fingerprint density at radius 1 is 1.36 bits per heavy atom. The number of nitrogens with one attached hydrogen (secondary N) is 1. The van der Waals surface area contributed by atoms with Crippen LogP contribution in [-0.4, -0.2) is 41.2 Å². The van der Waals surface area contributed by atoms with Crippen molar-refractivity contribution < 1.29 is 9.53 Å². The highest BCUT2D eigenvalue weighted by Crippen LogP contribution is 2.32. The normalized spacial score (nSPS) is 22.0. The van der Waals surface area contributed by atoms with Gasteiger partial charge >= 0.3 is 0 Å². The molecule has 0 aliphatic carbocycles. The van der Waals surface area contributed by atoms with Crippen molar-refractivity contribution in [1.29, 1.82) is 0 Å². The van der Waals surface area contributed by atoms with Crippen molar-refractivity contribution in [3.63, 3.8) is 0 Å². The number of benzene rings is 1. The van der Waals surface area contributed by atoms with Gasteiger partial charge in [-0.15, -0.1) is 0 Å². The van der Waals surface area contributed by atoms with Crippen LogP contribution in [0, 0.1) is 0 Å². The third-order valence-corrected chi connectivity index (χ3v) is 4.81. The summed E-state index contributed by atoms with van der Waals surface area (Å²) >= 11 is 0. The summed E-state index contributed by atoms with van der Waals surface area (Å²) in [5, 5.41) is 3.18. The molecule has 1 saturated heterocycles. The van der Waals surface area contributed by atoms with Crippen molar-refractivity contribution in [2.24, 2.45) is 0 Å². The number of rotatable bonds is 4. The molecule has 1 fully saturated rings. The molecule has 25 heavy (non-hydrogen) atoms. The zero-order chi connectivity index (χ0) is 17.2. The first kappa shape index (κ1) is 16.0. The minimum Gasteiger partial charge on any atom is -0.376 e. The zero-order valence-electron chi connectivity index (χ0n) is 14.3. The number of nitrogens with zero attached hydrogens (tertiary/aromatic N) is 3. The Kier molecular flexibility index (Phi) is 4.36. The van der Waals surface area contributed by atoms with E-state index in [0.29, 0.717) is 18.2 Å². The molecule has 6 nitrogen and oxygen atoms in total. The van der Waals surface area contributed by atoms with Gasteiger partial charge in [-0.25, -0.2) is 9.97 Å². The highest BCUT2D eigenvalue weighted by Gasteiger charge is 2.32. The largest absolute Gasteiger partial charge is 0.376 e. The number of aromatic nitrogens is 2. The first-order valence-electron chi connectivity index (χ1n) is 8.82. The third-order valence-electron chi connectivity index (χ3n) is 4.81. The van der Waals surface area contributed by atoms with E-state index < -0.39 is 0 Å². The fourth-order valence-electron chi connectivity index (χ4n) is 3.57. The molecular formula is C19H22N4O2. The summed E-state index contributed by atoms with van der Waals surface area (Å²) in [5.74, 6) is 0.390. The summed E-state index contributed by atoms with van der Waals surface area (Å²) in [7, 11) is 0. The van der Waals surface area contributed by atoms with Gasteiger partial charge in [0, 0.05) is 31.1 Å². The van der Waals surface area contributed by atoms with Gasteiger partial charge in [-0.2, -0.15) is 0 Å². The molecular weight excluding hydrogens is 316 g/mol. The molecule has 6 heteroatoms. The second-order valence-electron chi connectivity index (χ2n) is 6.64. The van der Waals surface area contributed by atoms with Crippen molar-refractivity contribution >= 4 is 17.5 Å². The molecule has 0 radical (unpaired) electrons. The second kappa shape index (κ2) is 6.80. The van der Waals surface area contributed by atoms with Crippen molar-refractivity contribution in [1.82, 2.24) is 9.97 Å². The Morgan fingerprint density at radius 2 is 2.24 bits per heavy atom. The number of hydrogen-bond donors (Lipinski definition) is 1. The van der Waals surface area contributed by atoms with E-state index in [1.54, 1.807) is 12.3 Å². The number of amides is 1. The van der Waals surface area contributed by atoms with Crippen LogP contribution in [0.25, 0.3) is 0 Å². The number of ether oxygens (including phenoxy) is 1. The standard InChI is InChI=1S/C19H22N4O2/c1-13-11-14-5-2-3-7-17(14)23(13)18(24)16-8-9-20-19(22-16)21-12-15-6-4-10-25-15/h2-3,5,7-9,13,15H,4,6,10-12H2,1H3,(H,20,21,22). The van der Waals surface area contributed by atoms with E-state index in [9.17, 15) is 4.79 Å². The average Bonchev–Trinajstić information content (AvgIpc) is 3.26. The van der Waals surface area contributed by atoms with Gasteiger partial charge in [0.2, 0.25) is 5.95 Å². The molecule has 0 saturated carbocycles. The average molecular weight is 338 g/mol. The first-order chi connectivity index (χ1) is 12.2. The van der Waals surface area contributed by atoms with E-state index in [-0.39, 0.29) is 18.1 Å². The van der Waals surface area contributed by atoms with Crippen LogP contribution in [0.15, 0.2) is 36.5 Å². The monoisotopic (exact) mass is 338 g/mol. The number of hydrogen-bond acceptors (Lipinski definition) is 5. The third kappa shape index (κ3) is 3.22. The maximum atomic E-state index is 13.0. The number of fused-ring (bicyclic) bond motifs is 1. The van der Waals surface area contributed by atoms with Crippen molar-refractivity contribution in [2.45, 2.75) is 38.3 Å². The van der Waals surface area contributed by atoms with Crippen LogP contribution in [0.2, 0.25) is 0 Å². The van der Waals surface area contributed by atoms with Gasteiger partial charge in [-0.1, -0.05) is 18.2 Å². The maximum Gasteiger partial charge on any atom is 0.277 e. The number of carbonyl (C=O) groups excluding carboxylic acids is 1. The molecule has 3 heterocycles. The molecule has 130 valence electrons. The molecule has 1 aromatic heterocycles. The fraction of sp³-hybridized carbons (Fsp3) is 0.421. The van der Waals surface area contributed by atoms with E-state index in [0.717, 1.165) is 31.6 Å². The SMILES string of the molecule is CC1Cc2ccccc2N1C(=O)c1ccnc(NCC2CCCO2)n1. The predicted molar refractivity (Wildman–Crippen MR) is 95.9 cm³/mol. The van der Waals surface area contributed by atoms with Crippen molar-refractivity contribution in [3.8, 4) is 0 Å². The van der Waals surface area contributed by atoms with Gasteiger partial charge in [-0.05, 0) is 43.9 Å². The Labute approximate surface area is 147 Å². The van der Waals surface area contributed by atoms with Gasteiger partial charge < -0.3 is 15.0 Å². The highest BCUT2D eigenvalue weighted by atomic mass is 16.5. The first-order valence-corrected chi connectivity index (χ1v) is 8.82. The molecule has 2 aliphatic rings. The van der Waals surface area contributed by atoms with Gasteiger partial charge in [0.1, 0.15) is 5.69 Å². The zero-order valence-corrected chi connectivity index (χ0v) is 14.3. The molecule has 2 aromatic rings. The van der Waals surface area contributed by atoms with Gasteiger partial charge in [0.15, 0.2) is 0 Å². The molecule has 2 aliphatic heterocycles. The van der Waals surface area contributed by atoms with Crippen LogP contribution in [0.4, 0.5) is 11.6 Å². The molecule has 0 spiro atoms. The molecule has 1 amide bonds. The Morgan fingerprint density at radius 3 is 3.08 bits per heavy atom. The van der Waals surface area contributed by atoms with Crippen LogP contribution >= 0.6 is 0 Å². The summed E-state index contributed by atoms with van der Waals surface area (Å²) in [5.41, 5.74) is 2.59. The van der Waals surface area contributed by atoms with Crippen LogP contribution in [0.3, 0.4) is 0 Å². The molecule has 2 atom stereocenters. The minimum absolute atomic E-state index is 0.0833. The van der Waals surface area contributed by atoms with Crippen LogP contribution in [-0.2, 0) is 11.2 Å². The smallest absolute Gasteiger partial charge is 0.277 e. The van der Waals surface area contributed by atoms with Gasteiger partial charge in [-0.3, -0.25) is 4.79 Å². The Hall–Kier alpha value is -2.47. The topological polar surface area (TPSA) is 67.4 Å². The molecule has 1 N–H and O–H groups in total.